The molecule has 1 aromatic carbocycles. The fourth-order valence-electron chi connectivity index (χ4n) is 1.99. The Bertz CT molecular complexity index is 503. The number of amides is 1. The molecule has 1 atom stereocenters. The smallest absolute Gasteiger partial charge is 0.321 e. The minimum absolute atomic E-state index is 0.122. The van der Waals surface area contributed by atoms with E-state index in [4.69, 9.17) is 4.74 Å². The van der Waals surface area contributed by atoms with E-state index in [2.05, 4.69) is 10.6 Å². The summed E-state index contributed by atoms with van der Waals surface area (Å²) in [4.78, 5) is 25.2. The Kier molecular flexibility index (Phi) is 8.07. The van der Waals surface area contributed by atoms with Gasteiger partial charge >= 0.3 is 5.97 Å². The summed E-state index contributed by atoms with van der Waals surface area (Å²) in [6, 6.07) is 5.97. The van der Waals surface area contributed by atoms with Crippen molar-refractivity contribution in [2.24, 2.45) is 0 Å². The summed E-state index contributed by atoms with van der Waals surface area (Å²) in [6.45, 7) is 1.41. The molecule has 1 amide bonds. The van der Waals surface area contributed by atoms with Gasteiger partial charge in [-0.25, -0.2) is 0 Å². The Morgan fingerprint density at radius 3 is 2.43 bits per heavy atom. The van der Waals surface area contributed by atoms with Crippen molar-refractivity contribution in [1.29, 1.82) is 0 Å². The molecular formula is C16H25N3O4. The highest BCUT2D eigenvalue weighted by molar-refractivity contribution is 5.94. The average Bonchev–Trinajstić information content (AvgIpc) is 2.50. The van der Waals surface area contributed by atoms with Gasteiger partial charge < -0.3 is 25.4 Å². The van der Waals surface area contributed by atoms with Crippen LogP contribution in [-0.2, 0) is 9.59 Å². The number of rotatable bonds is 10. The third-order valence-electron chi connectivity index (χ3n) is 3.23. The van der Waals surface area contributed by atoms with Crippen molar-refractivity contribution < 1.29 is 19.4 Å². The first-order valence-corrected chi connectivity index (χ1v) is 7.47. The van der Waals surface area contributed by atoms with E-state index in [9.17, 15) is 14.7 Å². The van der Waals surface area contributed by atoms with Gasteiger partial charge in [0.1, 0.15) is 11.8 Å². The molecular weight excluding hydrogens is 298 g/mol. The van der Waals surface area contributed by atoms with Crippen LogP contribution in [-0.4, -0.2) is 62.2 Å². The van der Waals surface area contributed by atoms with Crippen LogP contribution < -0.4 is 15.4 Å². The highest BCUT2D eigenvalue weighted by Crippen LogP contribution is 2.15. The minimum atomic E-state index is -1.03. The highest BCUT2D eigenvalue weighted by Gasteiger charge is 2.20. The molecule has 0 aliphatic carbocycles. The number of benzene rings is 1. The van der Waals surface area contributed by atoms with Crippen molar-refractivity contribution in [1.82, 2.24) is 10.2 Å². The molecule has 0 aromatic heterocycles. The van der Waals surface area contributed by atoms with Gasteiger partial charge in [-0.15, -0.1) is 0 Å². The number of methoxy groups -OCH3 is 1. The topological polar surface area (TPSA) is 90.9 Å². The molecule has 0 saturated heterocycles. The van der Waals surface area contributed by atoms with Crippen molar-refractivity contribution in [2.45, 2.75) is 18.9 Å². The first kappa shape index (κ1) is 18.9. The number of nitrogens with one attached hydrogen (secondary N) is 2. The molecule has 1 aromatic rings. The summed E-state index contributed by atoms with van der Waals surface area (Å²) in [5, 5.41) is 14.8. The van der Waals surface area contributed by atoms with Crippen LogP contribution in [0.2, 0.25) is 0 Å². The number of carboxylic acid groups (broad SMARTS) is 1. The van der Waals surface area contributed by atoms with Crippen LogP contribution >= 0.6 is 0 Å². The van der Waals surface area contributed by atoms with Gasteiger partial charge in [0.25, 0.3) is 0 Å². The Balaban J connectivity index is 2.45. The van der Waals surface area contributed by atoms with Gasteiger partial charge in [0.15, 0.2) is 0 Å². The van der Waals surface area contributed by atoms with Crippen LogP contribution in [0.25, 0.3) is 0 Å². The fraction of sp³-hybridized carbons (Fsp3) is 0.500. The van der Waals surface area contributed by atoms with Gasteiger partial charge in [-0.05, 0) is 57.9 Å². The van der Waals surface area contributed by atoms with E-state index in [0.717, 1.165) is 13.0 Å². The van der Waals surface area contributed by atoms with E-state index < -0.39 is 12.0 Å². The summed E-state index contributed by atoms with van der Waals surface area (Å²) < 4.78 is 5.04. The minimum Gasteiger partial charge on any atom is -0.497 e. The van der Waals surface area contributed by atoms with Crippen LogP contribution in [0.4, 0.5) is 5.69 Å². The maximum absolute atomic E-state index is 12.0. The molecule has 23 heavy (non-hydrogen) atoms. The highest BCUT2D eigenvalue weighted by atomic mass is 16.5. The van der Waals surface area contributed by atoms with Gasteiger partial charge in [0.05, 0.1) is 13.5 Å². The number of carbonyl (C=O) groups is 2. The second kappa shape index (κ2) is 9.81. The molecule has 0 radical (unpaired) electrons. The number of ether oxygens (including phenoxy) is 1. The van der Waals surface area contributed by atoms with Crippen molar-refractivity contribution in [2.75, 3.05) is 39.6 Å². The second-order valence-corrected chi connectivity index (χ2v) is 5.48. The lowest BCUT2D eigenvalue weighted by Crippen LogP contribution is -2.40. The second-order valence-electron chi connectivity index (χ2n) is 5.48. The monoisotopic (exact) mass is 323 g/mol. The Labute approximate surface area is 136 Å². The Morgan fingerprint density at radius 2 is 1.91 bits per heavy atom. The standard InChI is InChI=1S/C16H25N3O4/c1-19(2)10-4-9-17-14(16(21)22)11-15(20)18-12-5-7-13(23-3)8-6-12/h5-8,14,17H,4,9-11H2,1-3H3,(H,18,20)(H,21,22)/t14-/m0/s1. The SMILES string of the molecule is COc1ccc(NC(=O)C[C@H](NCCCN(C)C)C(=O)O)cc1. The quantitative estimate of drug-likeness (QED) is 0.557. The largest absolute Gasteiger partial charge is 0.497 e. The summed E-state index contributed by atoms with van der Waals surface area (Å²) in [6.07, 6.45) is 0.695. The van der Waals surface area contributed by atoms with Gasteiger partial charge in [0.2, 0.25) is 5.91 Å². The van der Waals surface area contributed by atoms with Crippen LogP contribution in [0.3, 0.4) is 0 Å². The molecule has 0 fully saturated rings. The molecule has 1 rings (SSSR count). The molecule has 0 aliphatic rings. The maximum Gasteiger partial charge on any atom is 0.321 e. The Hall–Kier alpha value is -2.12. The number of hydrogen-bond donors (Lipinski definition) is 3. The molecule has 0 spiro atoms. The third kappa shape index (κ3) is 7.62. The van der Waals surface area contributed by atoms with E-state index in [0.29, 0.717) is 18.0 Å². The summed E-state index contributed by atoms with van der Waals surface area (Å²) >= 11 is 0. The van der Waals surface area contributed by atoms with Gasteiger partial charge in [-0.2, -0.15) is 0 Å². The van der Waals surface area contributed by atoms with E-state index >= 15 is 0 Å². The molecule has 0 unspecified atom stereocenters. The van der Waals surface area contributed by atoms with Crippen LogP contribution in [0.5, 0.6) is 5.75 Å². The van der Waals surface area contributed by atoms with Gasteiger partial charge in [-0.3, -0.25) is 9.59 Å². The van der Waals surface area contributed by atoms with Gasteiger partial charge in [0, 0.05) is 5.69 Å². The molecule has 0 aliphatic heterocycles. The number of hydrogen-bond acceptors (Lipinski definition) is 5. The molecule has 128 valence electrons. The van der Waals surface area contributed by atoms with Crippen molar-refractivity contribution >= 4 is 17.6 Å². The molecule has 0 heterocycles. The zero-order chi connectivity index (χ0) is 17.2. The summed E-state index contributed by atoms with van der Waals surface area (Å²) in [7, 11) is 5.47. The summed E-state index contributed by atoms with van der Waals surface area (Å²) in [5.41, 5.74) is 0.604. The zero-order valence-electron chi connectivity index (χ0n) is 13.8. The third-order valence-corrected chi connectivity index (χ3v) is 3.23. The maximum atomic E-state index is 12.0. The zero-order valence-corrected chi connectivity index (χ0v) is 13.8. The number of aliphatic carboxylic acids is 1. The van der Waals surface area contributed by atoms with E-state index in [1.54, 1.807) is 31.4 Å². The normalized spacial score (nSPS) is 12.0. The van der Waals surface area contributed by atoms with Crippen LogP contribution in [0, 0.1) is 0 Å². The van der Waals surface area contributed by atoms with Crippen LogP contribution in [0.15, 0.2) is 24.3 Å². The molecule has 7 nitrogen and oxygen atoms in total. The van der Waals surface area contributed by atoms with E-state index in [-0.39, 0.29) is 12.3 Å². The molecule has 3 N–H and O–H groups in total. The van der Waals surface area contributed by atoms with Gasteiger partial charge in [-0.1, -0.05) is 0 Å². The average molecular weight is 323 g/mol. The fourth-order valence-corrected chi connectivity index (χ4v) is 1.99. The number of anilines is 1. The lowest BCUT2D eigenvalue weighted by molar-refractivity contribution is -0.141. The lowest BCUT2D eigenvalue weighted by Gasteiger charge is -2.15. The predicted molar refractivity (Wildman–Crippen MR) is 88.8 cm³/mol. The molecule has 0 bridgehead atoms. The number of carbonyl (C=O) groups excluding carboxylic acids is 1. The number of nitrogens with zero attached hydrogens (tertiary/aromatic N) is 1. The first-order chi connectivity index (χ1) is 10.9. The molecule has 0 saturated carbocycles. The van der Waals surface area contributed by atoms with Crippen molar-refractivity contribution in [3.63, 3.8) is 0 Å². The number of carboxylic acids is 1. The first-order valence-electron chi connectivity index (χ1n) is 7.47. The predicted octanol–water partition coefficient (Wildman–Crippen LogP) is 1.02. The Morgan fingerprint density at radius 1 is 1.26 bits per heavy atom. The summed E-state index contributed by atoms with van der Waals surface area (Å²) in [5.74, 6) is -0.684. The van der Waals surface area contributed by atoms with E-state index in [1.165, 1.54) is 0 Å². The molecule has 7 heteroatoms. The van der Waals surface area contributed by atoms with E-state index in [1.807, 2.05) is 19.0 Å². The lowest BCUT2D eigenvalue weighted by atomic mass is 10.2. The van der Waals surface area contributed by atoms with Crippen molar-refractivity contribution in [3.05, 3.63) is 24.3 Å². The van der Waals surface area contributed by atoms with Crippen molar-refractivity contribution in [3.8, 4) is 5.75 Å². The van der Waals surface area contributed by atoms with Crippen LogP contribution in [0.1, 0.15) is 12.8 Å².